The van der Waals surface area contributed by atoms with Crippen molar-refractivity contribution in [2.45, 2.75) is 148 Å². The van der Waals surface area contributed by atoms with Gasteiger partial charge >= 0.3 is 0 Å². The highest BCUT2D eigenvalue weighted by Crippen LogP contribution is 2.34. The van der Waals surface area contributed by atoms with E-state index in [4.69, 9.17) is 4.74 Å². The Morgan fingerprint density at radius 1 is 0.630 bits per heavy atom. The van der Waals surface area contributed by atoms with Gasteiger partial charge in [0, 0.05) is 49.5 Å². The second kappa shape index (κ2) is 26.4. The molecule has 19 nitrogen and oxygen atoms in total. The van der Waals surface area contributed by atoms with Crippen LogP contribution < -0.4 is 42.5 Å². The number of aryl methyl sites for hydroxylation is 1. The normalized spacial score (nSPS) is 19.7. The number of nitrogens with zero attached hydrogens (tertiary/aromatic N) is 2. The highest BCUT2D eigenvalue weighted by molar-refractivity contribution is 6.05. The van der Waals surface area contributed by atoms with E-state index in [2.05, 4.69) is 48.6 Å². The maximum atomic E-state index is 14.9. The lowest BCUT2D eigenvalue weighted by atomic mass is 9.84. The molecule has 3 aliphatic rings. The first-order valence-corrected chi connectivity index (χ1v) is 28.0. The van der Waals surface area contributed by atoms with E-state index in [9.17, 15) is 38.4 Å². The molecule has 1 aliphatic carbocycles. The van der Waals surface area contributed by atoms with Gasteiger partial charge in [-0.2, -0.15) is 0 Å². The fourth-order valence-corrected chi connectivity index (χ4v) is 10.7. The third-order valence-corrected chi connectivity index (χ3v) is 15.8. The molecular weight excluding hydrogens is 1030 g/mol. The van der Waals surface area contributed by atoms with Crippen molar-refractivity contribution in [2.24, 2.45) is 10.8 Å². The molecule has 4 aromatic rings. The van der Waals surface area contributed by atoms with Gasteiger partial charge in [-0.15, -0.1) is 0 Å². The van der Waals surface area contributed by atoms with Crippen LogP contribution in [0.4, 0.5) is 5.69 Å². The molecule has 7 rings (SSSR count). The van der Waals surface area contributed by atoms with Gasteiger partial charge in [0.25, 0.3) is 11.8 Å². The number of hydrogen-bond acceptors (Lipinski definition) is 11. The van der Waals surface area contributed by atoms with Crippen molar-refractivity contribution in [2.75, 3.05) is 39.7 Å². The number of likely N-dealkylation sites (N-methyl/N-ethyl adjacent to an activating group) is 2. The van der Waals surface area contributed by atoms with E-state index in [1.165, 1.54) is 39.6 Å². The number of hydrogen-bond donors (Lipinski definition) is 8. The van der Waals surface area contributed by atoms with Gasteiger partial charge in [-0.1, -0.05) is 102 Å². The van der Waals surface area contributed by atoms with Crippen LogP contribution in [0.5, 0.6) is 0 Å². The quantitative estimate of drug-likeness (QED) is 0.0630. The second-order valence-electron chi connectivity index (χ2n) is 23.8. The minimum Gasteiger partial charge on any atom is -0.382 e. The van der Waals surface area contributed by atoms with Crippen LogP contribution in [0.15, 0.2) is 97.1 Å². The SMILES string of the molecule is CN[C@@H](C)C(=O)N[C@H](C(=O)N1Cc2cc(NC(=O)c3ccc(C(=O)N[C@H]4C[C@@H](C(=O)N[C@@H]5CCCc6ccccc65)N(C(=O)[C@@H](NC(=O)[C@H](C)NC)C(C)(C)C)C4)cc3)ccc2C[C@H]1C(=O)N[C@@H](COC)c1ccccc1)C(C)(C)C. The van der Waals surface area contributed by atoms with E-state index >= 15 is 0 Å². The number of likely N-dealkylation sites (tertiary alicyclic amines) is 1. The minimum atomic E-state index is -1.00. The zero-order valence-electron chi connectivity index (χ0n) is 48.7. The van der Waals surface area contributed by atoms with Crippen LogP contribution in [0.25, 0.3) is 0 Å². The van der Waals surface area contributed by atoms with Crippen molar-refractivity contribution < 1.29 is 43.1 Å². The Labute approximate surface area is 476 Å². The Morgan fingerprint density at radius 3 is 1.80 bits per heavy atom. The Balaban J connectivity index is 1.07. The van der Waals surface area contributed by atoms with Crippen LogP contribution in [0.3, 0.4) is 0 Å². The molecule has 0 bridgehead atoms. The molecule has 2 aliphatic heterocycles. The Morgan fingerprint density at radius 2 is 1.21 bits per heavy atom. The molecule has 434 valence electrons. The molecule has 0 unspecified atom stereocenters. The van der Waals surface area contributed by atoms with Crippen LogP contribution in [-0.4, -0.2) is 134 Å². The number of benzene rings is 4. The van der Waals surface area contributed by atoms with Crippen LogP contribution in [0, 0.1) is 10.8 Å². The van der Waals surface area contributed by atoms with Crippen molar-refractivity contribution in [3.05, 3.63) is 136 Å². The van der Waals surface area contributed by atoms with Gasteiger partial charge in [-0.3, -0.25) is 38.4 Å². The number of fused-ring (bicyclic) bond motifs is 2. The first kappa shape index (κ1) is 61.1. The number of nitrogens with one attached hydrogen (secondary N) is 8. The summed E-state index contributed by atoms with van der Waals surface area (Å²) in [4.78, 5) is 116. The number of rotatable bonds is 19. The van der Waals surface area contributed by atoms with E-state index in [-0.39, 0.29) is 67.4 Å². The van der Waals surface area contributed by atoms with Crippen molar-refractivity contribution >= 4 is 52.9 Å². The molecule has 1 saturated heterocycles. The van der Waals surface area contributed by atoms with E-state index in [0.29, 0.717) is 11.3 Å². The summed E-state index contributed by atoms with van der Waals surface area (Å²) >= 11 is 0. The Hall–Kier alpha value is -7.48. The molecule has 81 heavy (non-hydrogen) atoms. The van der Waals surface area contributed by atoms with Gasteiger partial charge in [-0.05, 0) is 129 Å². The van der Waals surface area contributed by atoms with Gasteiger partial charge in [0.15, 0.2) is 0 Å². The van der Waals surface area contributed by atoms with Crippen molar-refractivity contribution in [3.63, 3.8) is 0 Å². The first-order valence-electron chi connectivity index (χ1n) is 28.0. The lowest BCUT2D eigenvalue weighted by Crippen LogP contribution is -2.62. The van der Waals surface area contributed by atoms with Gasteiger partial charge in [0.1, 0.15) is 24.2 Å². The average Bonchev–Trinajstić information content (AvgIpc) is 3.88. The van der Waals surface area contributed by atoms with Gasteiger partial charge in [-0.25, -0.2) is 0 Å². The number of methoxy groups -OCH3 is 1. The average molecular weight is 1110 g/mol. The zero-order valence-corrected chi connectivity index (χ0v) is 48.7. The smallest absolute Gasteiger partial charge is 0.255 e. The molecule has 1 fully saturated rings. The Bertz CT molecular complexity index is 2940. The highest BCUT2D eigenvalue weighted by atomic mass is 16.5. The van der Waals surface area contributed by atoms with Crippen molar-refractivity contribution in [3.8, 4) is 0 Å². The van der Waals surface area contributed by atoms with Crippen LogP contribution in [-0.2, 0) is 52.9 Å². The number of ether oxygens (including phenoxy) is 1. The zero-order chi connectivity index (χ0) is 58.9. The molecule has 19 heteroatoms. The lowest BCUT2D eigenvalue weighted by Gasteiger charge is -2.41. The summed E-state index contributed by atoms with van der Waals surface area (Å²) in [6.45, 7) is 14.7. The summed E-state index contributed by atoms with van der Waals surface area (Å²) in [5.41, 5.74) is 3.99. The summed E-state index contributed by atoms with van der Waals surface area (Å²) in [6, 6.07) is 22.4. The summed E-state index contributed by atoms with van der Waals surface area (Å²) in [7, 11) is 4.86. The molecule has 8 N–H and O–H groups in total. The molecule has 0 spiro atoms. The molecule has 2 heterocycles. The van der Waals surface area contributed by atoms with Gasteiger partial charge in [0.05, 0.1) is 30.8 Å². The van der Waals surface area contributed by atoms with Crippen LogP contribution in [0.2, 0.25) is 0 Å². The molecule has 0 saturated carbocycles. The predicted molar refractivity (Wildman–Crippen MR) is 310 cm³/mol. The monoisotopic (exact) mass is 1110 g/mol. The standard InChI is InChI=1S/C62H82N10O9/c1-36(63-9)53(73)69-51(61(3,4)5)59(79)71-33-43-30-44(29-28-42(43)31-49(71)57(77)68-48(35-81-11)39-19-13-12-14-20-39)65-55(75)40-24-26-41(27-25-40)56(76)66-45-32-50(58(78)67-47-23-17-21-38-18-15-16-22-46(38)47)72(34-45)60(80)52(62(6,7)8)70-54(74)37(2)64-10/h12-16,18-20,22,24-30,36-37,45,47-52,63-64H,17,21,23,31-35H2,1-11H3,(H,65,75)(H,66,76)(H,67,78)(H,68,77)(H,69,73)(H,70,74)/t36-,37-,45-,47+,48-,49-,50-,51+,52+/m0/s1. The highest BCUT2D eigenvalue weighted by Gasteiger charge is 2.47. The fourth-order valence-electron chi connectivity index (χ4n) is 10.7. The van der Waals surface area contributed by atoms with Gasteiger partial charge < -0.3 is 57.1 Å². The van der Waals surface area contributed by atoms with Crippen LogP contribution in [0.1, 0.15) is 135 Å². The lowest BCUT2D eigenvalue weighted by molar-refractivity contribution is -0.147. The molecule has 0 radical (unpaired) electrons. The third kappa shape index (κ3) is 14.9. The molecular formula is C62H82N10O9. The number of carbonyl (C=O) groups excluding carboxylic acids is 8. The summed E-state index contributed by atoms with van der Waals surface area (Å²) in [6.07, 6.45) is 2.82. The number of carbonyl (C=O) groups is 8. The molecule has 9 atom stereocenters. The third-order valence-electron chi connectivity index (χ3n) is 15.8. The molecule has 8 amide bonds. The minimum absolute atomic E-state index is 0.00114. The summed E-state index contributed by atoms with van der Waals surface area (Å²) < 4.78 is 5.49. The van der Waals surface area contributed by atoms with E-state index in [0.717, 1.165) is 36.0 Å². The van der Waals surface area contributed by atoms with E-state index in [1.807, 2.05) is 96.1 Å². The first-order chi connectivity index (χ1) is 38.4. The second-order valence-corrected chi connectivity index (χ2v) is 23.8. The van der Waals surface area contributed by atoms with Crippen molar-refractivity contribution in [1.82, 2.24) is 47.0 Å². The molecule has 0 aromatic heterocycles. The molecule has 4 aromatic carbocycles. The van der Waals surface area contributed by atoms with E-state index in [1.54, 1.807) is 47.2 Å². The number of amides is 8. The largest absolute Gasteiger partial charge is 0.382 e. The number of anilines is 1. The Kier molecular flexibility index (Phi) is 19.9. The maximum Gasteiger partial charge on any atom is 0.255 e. The van der Waals surface area contributed by atoms with Gasteiger partial charge in [0.2, 0.25) is 35.4 Å². The van der Waals surface area contributed by atoms with Crippen molar-refractivity contribution in [1.29, 1.82) is 0 Å². The van der Waals surface area contributed by atoms with Crippen LogP contribution >= 0.6 is 0 Å². The van der Waals surface area contributed by atoms with E-state index < -0.39 is 88.7 Å². The topological polar surface area (TPSA) is 249 Å². The maximum absolute atomic E-state index is 14.9. The summed E-state index contributed by atoms with van der Waals surface area (Å²) in [5.74, 6) is -3.28. The predicted octanol–water partition coefficient (Wildman–Crippen LogP) is 4.87. The fraction of sp³-hybridized carbons (Fsp3) is 0.484. The summed E-state index contributed by atoms with van der Waals surface area (Å²) in [5, 5.41) is 24.0.